The molecular formula is C24H25FN6O. The minimum Gasteiger partial charge on any atom is -0.340 e. The molecule has 7 nitrogen and oxygen atoms in total. The van der Waals surface area contributed by atoms with Gasteiger partial charge < -0.3 is 4.90 Å². The summed E-state index contributed by atoms with van der Waals surface area (Å²) in [5.41, 5.74) is 2.52. The molecule has 0 unspecified atom stereocenters. The third-order valence-corrected chi connectivity index (χ3v) is 5.76. The molecule has 1 saturated heterocycles. The monoisotopic (exact) mass is 432 g/mol. The van der Waals surface area contributed by atoms with Gasteiger partial charge in [0.05, 0.1) is 24.2 Å². The van der Waals surface area contributed by atoms with Crippen LogP contribution in [0.25, 0.3) is 0 Å². The molecule has 0 N–H and O–H groups in total. The van der Waals surface area contributed by atoms with Crippen LogP contribution in [-0.4, -0.2) is 67.5 Å². The number of rotatable bonds is 6. The standard InChI is InChI=1S/C24H25FN6O/c25-24-20(2-1-3-21(24)17-26)8-11-29-12-14-30(15-13-29)23(32)16-19-4-6-22(7-5-19)31-18-27-9-10-28-31/h1-7,10,18H,8-9,11-16H2. The van der Waals surface area contributed by atoms with Gasteiger partial charge in [-0.05, 0) is 35.7 Å². The lowest BCUT2D eigenvalue weighted by molar-refractivity contribution is -0.132. The van der Waals surface area contributed by atoms with Crippen molar-refractivity contribution in [2.75, 3.05) is 44.3 Å². The molecule has 0 atom stereocenters. The number of piperazine rings is 1. The van der Waals surface area contributed by atoms with E-state index in [1.807, 2.05) is 35.2 Å². The number of amides is 1. The van der Waals surface area contributed by atoms with E-state index in [0.717, 1.165) is 24.3 Å². The number of carbonyl (C=O) groups is 1. The van der Waals surface area contributed by atoms with Gasteiger partial charge in [0.2, 0.25) is 5.91 Å². The molecule has 164 valence electrons. The Kier molecular flexibility index (Phi) is 6.87. The summed E-state index contributed by atoms with van der Waals surface area (Å²) >= 11 is 0. The van der Waals surface area contributed by atoms with Gasteiger partial charge >= 0.3 is 0 Å². The van der Waals surface area contributed by atoms with Crippen LogP contribution in [0.15, 0.2) is 52.6 Å². The van der Waals surface area contributed by atoms with Crippen molar-refractivity contribution >= 4 is 24.1 Å². The van der Waals surface area contributed by atoms with Gasteiger partial charge in [0.25, 0.3) is 0 Å². The first-order valence-electron chi connectivity index (χ1n) is 10.7. The minimum atomic E-state index is -0.422. The zero-order valence-electron chi connectivity index (χ0n) is 17.8. The van der Waals surface area contributed by atoms with E-state index >= 15 is 0 Å². The van der Waals surface area contributed by atoms with Gasteiger partial charge in [-0.1, -0.05) is 24.3 Å². The Labute approximate surface area is 187 Å². The summed E-state index contributed by atoms with van der Waals surface area (Å²) in [6.45, 7) is 4.15. The van der Waals surface area contributed by atoms with Crippen molar-refractivity contribution in [2.24, 2.45) is 10.1 Å². The van der Waals surface area contributed by atoms with Gasteiger partial charge in [0, 0.05) is 38.9 Å². The van der Waals surface area contributed by atoms with Crippen LogP contribution in [0, 0.1) is 17.1 Å². The first-order chi connectivity index (χ1) is 15.6. The predicted molar refractivity (Wildman–Crippen MR) is 122 cm³/mol. The van der Waals surface area contributed by atoms with Crippen molar-refractivity contribution in [3.63, 3.8) is 0 Å². The molecule has 32 heavy (non-hydrogen) atoms. The van der Waals surface area contributed by atoms with E-state index in [9.17, 15) is 9.18 Å². The third kappa shape index (κ3) is 5.18. The molecule has 8 heteroatoms. The lowest BCUT2D eigenvalue weighted by atomic mass is 10.1. The fraction of sp³-hybridized carbons (Fsp3) is 0.333. The van der Waals surface area contributed by atoms with Crippen LogP contribution in [-0.2, 0) is 17.6 Å². The molecule has 0 bridgehead atoms. The van der Waals surface area contributed by atoms with Crippen molar-refractivity contribution < 1.29 is 9.18 Å². The Balaban J connectivity index is 1.24. The van der Waals surface area contributed by atoms with E-state index in [2.05, 4.69) is 15.0 Å². The summed E-state index contributed by atoms with van der Waals surface area (Å²) in [7, 11) is 0. The largest absolute Gasteiger partial charge is 0.340 e. The van der Waals surface area contributed by atoms with Crippen LogP contribution < -0.4 is 5.01 Å². The maximum Gasteiger partial charge on any atom is 0.227 e. The highest BCUT2D eigenvalue weighted by molar-refractivity contribution is 5.84. The second-order valence-electron chi connectivity index (χ2n) is 7.83. The van der Waals surface area contributed by atoms with Gasteiger partial charge in [0.1, 0.15) is 18.2 Å². The number of hydrazone groups is 1. The number of halogens is 1. The van der Waals surface area contributed by atoms with E-state index < -0.39 is 5.82 Å². The van der Waals surface area contributed by atoms with Gasteiger partial charge in [-0.3, -0.25) is 14.7 Å². The van der Waals surface area contributed by atoms with E-state index in [4.69, 9.17) is 5.26 Å². The maximum atomic E-state index is 14.2. The second kappa shape index (κ2) is 10.2. The van der Waals surface area contributed by atoms with E-state index in [0.29, 0.717) is 44.6 Å². The van der Waals surface area contributed by atoms with E-state index in [1.165, 1.54) is 6.07 Å². The van der Waals surface area contributed by atoms with Crippen LogP contribution >= 0.6 is 0 Å². The molecule has 0 saturated carbocycles. The predicted octanol–water partition coefficient (Wildman–Crippen LogP) is 2.46. The topological polar surface area (TPSA) is 75.3 Å². The molecule has 0 spiro atoms. The molecule has 0 radical (unpaired) electrons. The molecule has 2 aromatic carbocycles. The first kappa shape index (κ1) is 21.7. The van der Waals surface area contributed by atoms with Crippen molar-refractivity contribution in [1.82, 2.24) is 9.80 Å². The molecule has 2 aromatic rings. The number of carbonyl (C=O) groups excluding carboxylic acids is 1. The fourth-order valence-electron chi connectivity index (χ4n) is 3.87. The summed E-state index contributed by atoms with van der Waals surface area (Å²) in [5.74, 6) is -0.308. The van der Waals surface area contributed by atoms with E-state index in [-0.39, 0.29) is 11.5 Å². The molecule has 4 rings (SSSR count). The van der Waals surface area contributed by atoms with Crippen molar-refractivity contribution in [2.45, 2.75) is 12.8 Å². The molecule has 1 fully saturated rings. The van der Waals surface area contributed by atoms with E-state index in [1.54, 1.807) is 29.7 Å². The van der Waals surface area contributed by atoms with Gasteiger partial charge in [-0.25, -0.2) is 9.40 Å². The highest BCUT2D eigenvalue weighted by Gasteiger charge is 2.21. The molecule has 2 aliphatic heterocycles. The zero-order chi connectivity index (χ0) is 22.3. The number of nitriles is 1. The minimum absolute atomic E-state index is 0.0859. The first-order valence-corrected chi connectivity index (χ1v) is 10.7. The number of benzene rings is 2. The van der Waals surface area contributed by atoms with Gasteiger partial charge in [-0.15, -0.1) is 0 Å². The Morgan fingerprint density at radius 2 is 1.88 bits per heavy atom. The second-order valence-corrected chi connectivity index (χ2v) is 7.83. The smallest absolute Gasteiger partial charge is 0.227 e. The average Bonchev–Trinajstić information content (AvgIpc) is 2.85. The molecule has 2 heterocycles. The van der Waals surface area contributed by atoms with Crippen LogP contribution in [0.3, 0.4) is 0 Å². The lowest BCUT2D eigenvalue weighted by Crippen LogP contribution is -2.49. The number of anilines is 1. The average molecular weight is 433 g/mol. The molecule has 0 aliphatic carbocycles. The van der Waals surface area contributed by atoms with Crippen LogP contribution in [0.5, 0.6) is 0 Å². The molecule has 0 aromatic heterocycles. The Bertz CT molecular complexity index is 1040. The highest BCUT2D eigenvalue weighted by Crippen LogP contribution is 2.17. The van der Waals surface area contributed by atoms with Crippen molar-refractivity contribution in [1.29, 1.82) is 5.26 Å². The van der Waals surface area contributed by atoms with Crippen LogP contribution in [0.4, 0.5) is 10.1 Å². The van der Waals surface area contributed by atoms with Crippen LogP contribution in [0.2, 0.25) is 0 Å². The maximum absolute atomic E-state index is 14.2. The summed E-state index contributed by atoms with van der Waals surface area (Å²) in [4.78, 5) is 21.0. The Morgan fingerprint density at radius 1 is 1.09 bits per heavy atom. The van der Waals surface area contributed by atoms with Crippen molar-refractivity contribution in [3.8, 4) is 6.07 Å². The number of hydrogen-bond donors (Lipinski definition) is 0. The molecule has 2 aliphatic rings. The van der Waals surface area contributed by atoms with Gasteiger partial charge in [0.15, 0.2) is 0 Å². The normalized spacial score (nSPS) is 16.2. The third-order valence-electron chi connectivity index (χ3n) is 5.76. The SMILES string of the molecule is N#Cc1cccc(CCN2CCN(C(=O)Cc3ccc(N4C=NCC=N4)cc3)CC2)c1F. The van der Waals surface area contributed by atoms with Crippen molar-refractivity contribution in [3.05, 3.63) is 65.0 Å². The molecular weight excluding hydrogens is 407 g/mol. The van der Waals surface area contributed by atoms with Crippen LogP contribution in [0.1, 0.15) is 16.7 Å². The highest BCUT2D eigenvalue weighted by atomic mass is 19.1. The number of hydrogen-bond acceptors (Lipinski definition) is 6. The Morgan fingerprint density at radius 3 is 2.56 bits per heavy atom. The number of aliphatic imine (C=N–C) groups is 1. The number of nitrogens with zero attached hydrogens (tertiary/aromatic N) is 6. The summed E-state index contributed by atoms with van der Waals surface area (Å²) < 4.78 is 14.2. The summed E-state index contributed by atoms with van der Waals surface area (Å²) in [6, 6.07) is 14.6. The fourth-order valence-corrected chi connectivity index (χ4v) is 3.87. The Hall–Kier alpha value is -3.57. The summed E-state index contributed by atoms with van der Waals surface area (Å²) in [6.07, 6.45) is 4.35. The quantitative estimate of drug-likeness (QED) is 0.703. The zero-order valence-corrected chi connectivity index (χ0v) is 17.8. The molecule has 1 amide bonds. The van der Waals surface area contributed by atoms with Gasteiger partial charge in [-0.2, -0.15) is 10.4 Å². The lowest BCUT2D eigenvalue weighted by Gasteiger charge is -2.35. The summed E-state index contributed by atoms with van der Waals surface area (Å²) in [5, 5.41) is 14.9.